The molecule has 0 spiro atoms. The number of anilines is 1. The Morgan fingerprint density at radius 3 is 2.65 bits per heavy atom. The molecule has 2 aliphatic rings. The molecule has 6 rings (SSSR count). The van der Waals surface area contributed by atoms with Crippen molar-refractivity contribution in [2.45, 2.75) is 18.9 Å². The van der Waals surface area contributed by atoms with E-state index < -0.39 is 16.8 Å². The zero-order valence-electron chi connectivity index (χ0n) is 16.7. The first-order valence-corrected chi connectivity index (χ1v) is 11.2. The van der Waals surface area contributed by atoms with Crippen molar-refractivity contribution in [2.24, 2.45) is 0 Å². The molecule has 4 heterocycles. The second kappa shape index (κ2) is 7.00. The van der Waals surface area contributed by atoms with Crippen LogP contribution in [0.1, 0.15) is 18.9 Å². The number of nitrogens with one attached hydrogen (secondary N) is 2. The average molecular weight is 438 g/mol. The SMILES string of the molecule is O=c1[nH]sc2c1c(=O)c1cc(F)c(-c3ccc(N4CCNCC4)nc3)cc1n2C1CC1. The summed E-state index contributed by atoms with van der Waals surface area (Å²) in [5.41, 5.74) is 0.914. The highest BCUT2D eigenvalue weighted by Crippen LogP contribution is 2.40. The van der Waals surface area contributed by atoms with Crippen molar-refractivity contribution in [2.75, 3.05) is 31.1 Å². The van der Waals surface area contributed by atoms with Gasteiger partial charge in [0.25, 0.3) is 5.56 Å². The number of nitrogens with zero attached hydrogens (tertiary/aromatic N) is 3. The molecule has 1 aliphatic carbocycles. The number of hydrogen-bond donors (Lipinski definition) is 2. The number of aromatic amines is 1. The molecule has 0 bridgehead atoms. The van der Waals surface area contributed by atoms with Crippen molar-refractivity contribution < 1.29 is 4.39 Å². The predicted molar refractivity (Wildman–Crippen MR) is 121 cm³/mol. The smallest absolute Gasteiger partial charge is 0.271 e. The van der Waals surface area contributed by atoms with Crippen LogP contribution in [-0.2, 0) is 0 Å². The van der Waals surface area contributed by atoms with E-state index >= 15 is 4.39 Å². The van der Waals surface area contributed by atoms with Crippen LogP contribution in [0.25, 0.3) is 32.2 Å². The molecule has 4 aromatic rings. The molecule has 1 aromatic carbocycles. The summed E-state index contributed by atoms with van der Waals surface area (Å²) in [5.74, 6) is 0.384. The van der Waals surface area contributed by atoms with E-state index in [-0.39, 0.29) is 16.8 Å². The van der Waals surface area contributed by atoms with Crippen LogP contribution >= 0.6 is 11.5 Å². The Labute approximate surface area is 180 Å². The van der Waals surface area contributed by atoms with E-state index in [1.165, 1.54) is 17.6 Å². The van der Waals surface area contributed by atoms with Crippen molar-refractivity contribution in [1.29, 1.82) is 0 Å². The number of benzene rings is 1. The van der Waals surface area contributed by atoms with Crippen molar-refractivity contribution in [1.82, 2.24) is 19.2 Å². The molecule has 2 fully saturated rings. The lowest BCUT2D eigenvalue weighted by atomic mass is 10.0. The van der Waals surface area contributed by atoms with E-state index in [2.05, 4.69) is 19.6 Å². The fourth-order valence-corrected chi connectivity index (χ4v) is 5.32. The fraction of sp³-hybridized carbons (Fsp3) is 0.318. The third-order valence-corrected chi connectivity index (χ3v) is 7.01. The third-order valence-electron chi connectivity index (χ3n) is 6.13. The van der Waals surface area contributed by atoms with Crippen LogP contribution < -0.4 is 21.2 Å². The summed E-state index contributed by atoms with van der Waals surface area (Å²) in [4.78, 5) is 32.6. The Balaban J connectivity index is 1.52. The average Bonchev–Trinajstić information content (AvgIpc) is 3.56. The maximum atomic E-state index is 15.1. The first kappa shape index (κ1) is 18.7. The Morgan fingerprint density at radius 2 is 1.94 bits per heavy atom. The molecule has 1 aliphatic heterocycles. The van der Waals surface area contributed by atoms with Crippen molar-refractivity contribution in [3.8, 4) is 11.1 Å². The predicted octanol–water partition coefficient (Wildman–Crippen LogP) is 2.85. The highest BCUT2D eigenvalue weighted by atomic mass is 32.1. The van der Waals surface area contributed by atoms with Crippen molar-refractivity contribution in [3.63, 3.8) is 0 Å². The molecule has 158 valence electrons. The number of H-pyrrole nitrogens is 1. The third kappa shape index (κ3) is 2.99. The fourth-order valence-electron chi connectivity index (χ4n) is 4.39. The highest BCUT2D eigenvalue weighted by molar-refractivity contribution is 7.12. The van der Waals surface area contributed by atoms with Crippen LogP contribution in [0.5, 0.6) is 0 Å². The van der Waals surface area contributed by atoms with E-state index in [9.17, 15) is 9.59 Å². The second-order valence-corrected chi connectivity index (χ2v) is 8.93. The molecule has 0 amide bonds. The van der Waals surface area contributed by atoms with Gasteiger partial charge in [-0.3, -0.25) is 14.0 Å². The van der Waals surface area contributed by atoms with Gasteiger partial charge in [-0.15, -0.1) is 0 Å². The van der Waals surface area contributed by atoms with Gasteiger partial charge in [-0.1, -0.05) is 0 Å². The molecule has 3 aromatic heterocycles. The summed E-state index contributed by atoms with van der Waals surface area (Å²) in [6.45, 7) is 3.61. The van der Waals surface area contributed by atoms with Gasteiger partial charge < -0.3 is 14.8 Å². The van der Waals surface area contributed by atoms with Crippen molar-refractivity contribution >= 4 is 38.5 Å². The van der Waals surface area contributed by atoms with Gasteiger partial charge in [-0.05, 0) is 48.6 Å². The molecule has 9 heteroatoms. The van der Waals surface area contributed by atoms with E-state index in [4.69, 9.17) is 0 Å². The lowest BCUT2D eigenvalue weighted by molar-refractivity contribution is 0.585. The molecular weight excluding hydrogens is 417 g/mol. The van der Waals surface area contributed by atoms with Crippen LogP contribution in [0.2, 0.25) is 0 Å². The largest absolute Gasteiger partial charge is 0.354 e. The Morgan fingerprint density at radius 1 is 1.13 bits per heavy atom. The molecule has 0 unspecified atom stereocenters. The van der Waals surface area contributed by atoms with Gasteiger partial charge in [0.2, 0.25) is 5.43 Å². The zero-order chi connectivity index (χ0) is 21.1. The first-order valence-electron chi connectivity index (χ1n) is 10.4. The summed E-state index contributed by atoms with van der Waals surface area (Å²) in [7, 11) is 0. The van der Waals surface area contributed by atoms with E-state index in [1.54, 1.807) is 12.3 Å². The lowest BCUT2D eigenvalue weighted by Crippen LogP contribution is -2.43. The minimum atomic E-state index is -0.491. The number of rotatable bonds is 3. The van der Waals surface area contributed by atoms with Gasteiger partial charge in [0.05, 0.1) is 5.52 Å². The van der Waals surface area contributed by atoms with Crippen molar-refractivity contribution in [3.05, 3.63) is 56.9 Å². The number of fused-ring (bicyclic) bond motifs is 2. The monoisotopic (exact) mass is 437 g/mol. The van der Waals surface area contributed by atoms with E-state index in [0.29, 0.717) is 21.5 Å². The molecule has 2 N–H and O–H groups in total. The number of hydrogen-bond acceptors (Lipinski definition) is 6. The van der Waals surface area contributed by atoms with Crippen LogP contribution in [0.4, 0.5) is 10.2 Å². The number of pyridine rings is 2. The van der Waals surface area contributed by atoms with Gasteiger partial charge in [0, 0.05) is 54.9 Å². The Kier molecular flexibility index (Phi) is 4.22. The molecule has 31 heavy (non-hydrogen) atoms. The zero-order valence-corrected chi connectivity index (χ0v) is 17.5. The highest BCUT2D eigenvalue weighted by Gasteiger charge is 2.29. The van der Waals surface area contributed by atoms with E-state index in [0.717, 1.165) is 44.8 Å². The van der Waals surface area contributed by atoms with Crippen LogP contribution in [-0.4, -0.2) is 40.1 Å². The number of aromatic nitrogens is 3. The maximum Gasteiger partial charge on any atom is 0.271 e. The van der Waals surface area contributed by atoms with Gasteiger partial charge in [0.15, 0.2) is 0 Å². The normalized spacial score (nSPS) is 17.0. The standard InChI is InChI=1S/C22H20FN5O2S/c23-16-9-15-17(28(13-2-3-13)22-19(20(15)29)21(30)26-31-22)10-14(16)12-1-4-18(25-11-12)27-7-5-24-6-8-27/h1,4,9-11,13,24H,2-3,5-8H2,(H,26,30). The topological polar surface area (TPSA) is 83.0 Å². The molecule has 7 nitrogen and oxygen atoms in total. The van der Waals surface area contributed by atoms with Gasteiger partial charge >= 0.3 is 0 Å². The van der Waals surface area contributed by atoms with E-state index in [1.807, 2.05) is 16.7 Å². The van der Waals surface area contributed by atoms with Gasteiger partial charge in [0.1, 0.15) is 21.9 Å². The number of halogens is 1. The van der Waals surface area contributed by atoms with Gasteiger partial charge in [-0.25, -0.2) is 9.37 Å². The molecule has 1 saturated carbocycles. The van der Waals surface area contributed by atoms with Crippen LogP contribution in [0.3, 0.4) is 0 Å². The lowest BCUT2D eigenvalue weighted by Gasteiger charge is -2.28. The minimum Gasteiger partial charge on any atom is -0.354 e. The quantitative estimate of drug-likeness (QED) is 0.515. The molecule has 0 atom stereocenters. The summed E-state index contributed by atoms with van der Waals surface area (Å²) in [6.07, 6.45) is 3.65. The molecular formula is C22H20FN5O2S. The maximum absolute atomic E-state index is 15.1. The molecule has 0 radical (unpaired) electrons. The van der Waals surface area contributed by atoms with Crippen LogP contribution in [0.15, 0.2) is 40.1 Å². The summed E-state index contributed by atoms with van der Waals surface area (Å²) in [5, 5.41) is 3.69. The minimum absolute atomic E-state index is 0.124. The second-order valence-electron chi connectivity index (χ2n) is 8.14. The Bertz CT molecular complexity index is 1430. The summed E-state index contributed by atoms with van der Waals surface area (Å²) >= 11 is 1.17. The van der Waals surface area contributed by atoms with Crippen LogP contribution in [0, 0.1) is 5.82 Å². The Hall–Kier alpha value is -3.04. The van der Waals surface area contributed by atoms with Gasteiger partial charge in [-0.2, -0.15) is 0 Å². The number of piperazine rings is 1. The first-order chi connectivity index (χ1) is 15.1. The summed E-state index contributed by atoms with van der Waals surface area (Å²) < 4.78 is 19.8. The molecule has 1 saturated heterocycles. The summed E-state index contributed by atoms with van der Waals surface area (Å²) in [6, 6.07) is 7.02.